The zero-order valence-electron chi connectivity index (χ0n) is 9.88. The average Bonchev–Trinajstić information content (AvgIpc) is 2.35. The Hall–Kier alpha value is -1.97. The molecule has 0 aliphatic rings. The second-order valence-electron chi connectivity index (χ2n) is 4.23. The molecule has 88 valence electrons. The Balaban J connectivity index is 2.42. The molecule has 1 aromatic carbocycles. The fourth-order valence-electron chi connectivity index (χ4n) is 1.43. The molecule has 0 spiro atoms. The molecule has 0 aliphatic heterocycles. The molecule has 0 unspecified atom stereocenters. The Kier molecular flexibility index (Phi) is 3.32. The van der Waals surface area contributed by atoms with E-state index in [1.54, 1.807) is 0 Å². The number of fused-ring (bicyclic) bond motifs is 1. The third-order valence-corrected chi connectivity index (χ3v) is 2.23. The summed E-state index contributed by atoms with van der Waals surface area (Å²) in [5.74, 6) is 0.690. The SMILES string of the molecule is CC(C)COc1nc2ccccc2nc1C=O. The topological polar surface area (TPSA) is 52.1 Å². The smallest absolute Gasteiger partial charge is 0.244 e. The van der Waals surface area contributed by atoms with Crippen LogP contribution in [0.1, 0.15) is 24.3 Å². The van der Waals surface area contributed by atoms with Crippen LogP contribution in [-0.2, 0) is 0 Å². The summed E-state index contributed by atoms with van der Waals surface area (Å²) < 4.78 is 5.49. The van der Waals surface area contributed by atoms with Crippen LogP contribution in [0.15, 0.2) is 24.3 Å². The number of benzene rings is 1. The van der Waals surface area contributed by atoms with Crippen LogP contribution >= 0.6 is 0 Å². The molecular weight excluding hydrogens is 216 g/mol. The number of aldehydes is 1. The number of carbonyl (C=O) groups excluding carboxylic acids is 1. The Morgan fingerprint density at radius 1 is 1.24 bits per heavy atom. The highest BCUT2D eigenvalue weighted by Crippen LogP contribution is 2.17. The minimum Gasteiger partial charge on any atom is -0.476 e. The van der Waals surface area contributed by atoms with E-state index in [1.807, 2.05) is 38.1 Å². The van der Waals surface area contributed by atoms with Gasteiger partial charge in [0.1, 0.15) is 0 Å². The van der Waals surface area contributed by atoms with Gasteiger partial charge in [0, 0.05) is 0 Å². The van der Waals surface area contributed by atoms with Gasteiger partial charge >= 0.3 is 0 Å². The molecule has 0 saturated carbocycles. The average molecular weight is 230 g/mol. The number of carbonyl (C=O) groups is 1. The molecule has 2 aromatic rings. The predicted octanol–water partition coefficient (Wildman–Crippen LogP) is 2.48. The van der Waals surface area contributed by atoms with Gasteiger partial charge < -0.3 is 4.74 Å². The highest BCUT2D eigenvalue weighted by atomic mass is 16.5. The van der Waals surface area contributed by atoms with Gasteiger partial charge in [-0.15, -0.1) is 0 Å². The number of hydrogen-bond acceptors (Lipinski definition) is 4. The van der Waals surface area contributed by atoms with Gasteiger partial charge in [0.2, 0.25) is 5.88 Å². The first kappa shape index (κ1) is 11.5. The van der Waals surface area contributed by atoms with E-state index in [0.29, 0.717) is 30.2 Å². The van der Waals surface area contributed by atoms with Crippen LogP contribution in [0.3, 0.4) is 0 Å². The molecular formula is C13H14N2O2. The molecule has 2 rings (SSSR count). The van der Waals surface area contributed by atoms with Crippen LogP contribution in [0, 0.1) is 5.92 Å². The van der Waals surface area contributed by atoms with E-state index in [9.17, 15) is 4.79 Å². The van der Waals surface area contributed by atoms with Gasteiger partial charge in [0.15, 0.2) is 12.0 Å². The number of rotatable bonds is 4. The van der Waals surface area contributed by atoms with E-state index >= 15 is 0 Å². The second kappa shape index (κ2) is 4.91. The highest BCUT2D eigenvalue weighted by molar-refractivity contribution is 5.82. The molecule has 4 heteroatoms. The van der Waals surface area contributed by atoms with Crippen LogP contribution < -0.4 is 4.74 Å². The van der Waals surface area contributed by atoms with Crippen molar-refractivity contribution >= 4 is 17.3 Å². The van der Waals surface area contributed by atoms with Crippen molar-refractivity contribution in [2.24, 2.45) is 5.92 Å². The van der Waals surface area contributed by atoms with Crippen molar-refractivity contribution in [2.45, 2.75) is 13.8 Å². The normalized spacial score (nSPS) is 10.8. The first-order valence-electron chi connectivity index (χ1n) is 5.55. The third kappa shape index (κ3) is 2.58. The molecule has 17 heavy (non-hydrogen) atoms. The first-order chi connectivity index (χ1) is 8.20. The third-order valence-electron chi connectivity index (χ3n) is 2.23. The minimum absolute atomic E-state index is 0.254. The Labute approximate surface area is 99.7 Å². The van der Waals surface area contributed by atoms with Crippen LogP contribution in [0.5, 0.6) is 5.88 Å². The largest absolute Gasteiger partial charge is 0.476 e. The van der Waals surface area contributed by atoms with E-state index < -0.39 is 0 Å². The van der Waals surface area contributed by atoms with E-state index in [1.165, 1.54) is 0 Å². The summed E-state index contributed by atoms with van der Waals surface area (Å²) in [5, 5.41) is 0. The second-order valence-corrected chi connectivity index (χ2v) is 4.23. The Morgan fingerprint density at radius 3 is 2.47 bits per heavy atom. The van der Waals surface area contributed by atoms with Crippen molar-refractivity contribution < 1.29 is 9.53 Å². The summed E-state index contributed by atoms with van der Waals surface area (Å²) in [6, 6.07) is 7.41. The summed E-state index contributed by atoms with van der Waals surface area (Å²) in [7, 11) is 0. The minimum atomic E-state index is 0.254. The van der Waals surface area contributed by atoms with E-state index in [4.69, 9.17) is 4.74 Å². The molecule has 0 bridgehead atoms. The number of ether oxygens (including phenoxy) is 1. The lowest BCUT2D eigenvalue weighted by molar-refractivity contribution is 0.111. The molecule has 1 heterocycles. The van der Waals surface area contributed by atoms with Crippen LogP contribution in [0.25, 0.3) is 11.0 Å². The summed E-state index contributed by atoms with van der Waals surface area (Å²) in [6.07, 6.45) is 0.676. The van der Waals surface area contributed by atoms with Gasteiger partial charge in [-0.05, 0) is 18.1 Å². The first-order valence-corrected chi connectivity index (χ1v) is 5.55. The summed E-state index contributed by atoms with van der Waals surface area (Å²) in [5.41, 5.74) is 1.69. The van der Waals surface area contributed by atoms with Gasteiger partial charge in [-0.1, -0.05) is 26.0 Å². The molecule has 4 nitrogen and oxygen atoms in total. The van der Waals surface area contributed by atoms with Gasteiger partial charge in [0.25, 0.3) is 0 Å². The lowest BCUT2D eigenvalue weighted by atomic mass is 10.2. The number of aromatic nitrogens is 2. The quantitative estimate of drug-likeness (QED) is 0.757. The van der Waals surface area contributed by atoms with Gasteiger partial charge in [-0.25, -0.2) is 9.97 Å². The number of nitrogens with zero attached hydrogens (tertiary/aromatic N) is 2. The lowest BCUT2D eigenvalue weighted by Gasteiger charge is -2.09. The number of hydrogen-bond donors (Lipinski definition) is 0. The number of para-hydroxylation sites is 2. The van der Waals surface area contributed by atoms with Crippen molar-refractivity contribution in [3.8, 4) is 5.88 Å². The molecule has 1 aromatic heterocycles. The summed E-state index contributed by atoms with van der Waals surface area (Å²) >= 11 is 0. The van der Waals surface area contributed by atoms with Crippen LogP contribution in [-0.4, -0.2) is 22.9 Å². The lowest BCUT2D eigenvalue weighted by Crippen LogP contribution is -2.08. The van der Waals surface area contributed by atoms with Crippen LogP contribution in [0.2, 0.25) is 0 Å². The Bertz CT molecular complexity index is 538. The van der Waals surface area contributed by atoms with Crippen molar-refractivity contribution in [1.29, 1.82) is 0 Å². The molecule has 0 aliphatic carbocycles. The monoisotopic (exact) mass is 230 g/mol. The van der Waals surface area contributed by atoms with Crippen molar-refractivity contribution in [2.75, 3.05) is 6.61 Å². The predicted molar refractivity (Wildman–Crippen MR) is 65.3 cm³/mol. The van der Waals surface area contributed by atoms with Crippen molar-refractivity contribution in [3.05, 3.63) is 30.0 Å². The van der Waals surface area contributed by atoms with E-state index in [-0.39, 0.29) is 5.69 Å². The maximum absolute atomic E-state index is 10.9. The summed E-state index contributed by atoms with van der Waals surface area (Å²) in [4.78, 5) is 19.5. The molecule has 0 atom stereocenters. The molecule has 0 saturated heterocycles. The van der Waals surface area contributed by atoms with Gasteiger partial charge in [0.05, 0.1) is 17.6 Å². The summed E-state index contributed by atoms with van der Waals surface area (Å²) in [6.45, 7) is 4.60. The zero-order valence-corrected chi connectivity index (χ0v) is 9.88. The fraction of sp³-hybridized carbons (Fsp3) is 0.308. The van der Waals surface area contributed by atoms with Gasteiger partial charge in [-0.3, -0.25) is 4.79 Å². The van der Waals surface area contributed by atoms with E-state index in [2.05, 4.69) is 9.97 Å². The van der Waals surface area contributed by atoms with Crippen molar-refractivity contribution in [1.82, 2.24) is 9.97 Å². The molecule has 0 amide bonds. The van der Waals surface area contributed by atoms with Crippen LogP contribution in [0.4, 0.5) is 0 Å². The molecule has 0 fully saturated rings. The maximum atomic E-state index is 10.9. The fourth-order valence-corrected chi connectivity index (χ4v) is 1.43. The Morgan fingerprint density at radius 2 is 1.88 bits per heavy atom. The zero-order chi connectivity index (χ0) is 12.3. The van der Waals surface area contributed by atoms with Gasteiger partial charge in [-0.2, -0.15) is 0 Å². The van der Waals surface area contributed by atoms with Crippen molar-refractivity contribution in [3.63, 3.8) is 0 Å². The highest BCUT2D eigenvalue weighted by Gasteiger charge is 2.09. The standard InChI is InChI=1S/C13H14N2O2/c1-9(2)8-17-13-12(7-16)14-10-5-3-4-6-11(10)15-13/h3-7,9H,8H2,1-2H3. The van der Waals surface area contributed by atoms with E-state index in [0.717, 1.165) is 5.52 Å². The molecule has 0 N–H and O–H groups in total. The molecule has 0 radical (unpaired) electrons. The maximum Gasteiger partial charge on any atom is 0.244 e.